The Balaban J connectivity index is 2.36. The molecule has 0 amide bonds. The van der Waals surface area contributed by atoms with Crippen molar-refractivity contribution in [1.82, 2.24) is 4.98 Å². The third-order valence-electron chi connectivity index (χ3n) is 2.27. The number of hydrogen-bond acceptors (Lipinski definition) is 3. The van der Waals surface area contributed by atoms with Gasteiger partial charge in [-0.15, -0.1) is 11.3 Å². The van der Waals surface area contributed by atoms with E-state index in [1.54, 1.807) is 11.3 Å². The van der Waals surface area contributed by atoms with Gasteiger partial charge in [0, 0.05) is 16.8 Å². The van der Waals surface area contributed by atoms with Crippen molar-refractivity contribution in [1.29, 1.82) is 0 Å². The lowest BCUT2D eigenvalue weighted by molar-refractivity contribution is 0.716. The Morgan fingerprint density at radius 1 is 1.58 bits per heavy atom. The number of aromatic nitrogens is 1. The largest absolute Gasteiger partial charge is 0.323 e. The van der Waals surface area contributed by atoms with Crippen LogP contribution < -0.4 is 5.73 Å². The van der Waals surface area contributed by atoms with E-state index >= 15 is 0 Å². The first-order valence-corrected chi connectivity index (χ1v) is 5.25. The van der Waals surface area contributed by atoms with Crippen LogP contribution >= 0.6 is 11.3 Å². The molecule has 3 heteroatoms. The van der Waals surface area contributed by atoms with Gasteiger partial charge in [0.05, 0.1) is 10.7 Å². The molecule has 0 fully saturated rings. The second-order valence-electron chi connectivity index (χ2n) is 3.66. The van der Waals surface area contributed by atoms with Crippen LogP contribution in [-0.4, -0.2) is 4.98 Å². The molecule has 1 atom stereocenters. The van der Waals surface area contributed by atoms with E-state index in [2.05, 4.69) is 18.8 Å². The molecule has 0 spiro atoms. The summed E-state index contributed by atoms with van der Waals surface area (Å²) in [5, 5.41) is 1.25. The number of nitrogens with two attached hydrogens (primary N) is 1. The van der Waals surface area contributed by atoms with Crippen LogP contribution in [0, 0.1) is 0 Å². The van der Waals surface area contributed by atoms with E-state index in [0.29, 0.717) is 5.92 Å². The zero-order valence-corrected chi connectivity index (χ0v) is 8.32. The minimum atomic E-state index is 0.269. The summed E-state index contributed by atoms with van der Waals surface area (Å²) in [7, 11) is 0. The third kappa shape index (κ3) is 1.17. The number of nitrogens with zero attached hydrogens (tertiary/aromatic N) is 1. The van der Waals surface area contributed by atoms with Gasteiger partial charge in [-0.05, 0) is 12.8 Å². The number of aryl methyl sites for hydroxylation is 1. The maximum Gasteiger partial charge on any atom is 0.0957 e. The second kappa shape index (κ2) is 2.82. The van der Waals surface area contributed by atoms with Gasteiger partial charge in [0.1, 0.15) is 0 Å². The maximum absolute atomic E-state index is 5.93. The highest BCUT2D eigenvalue weighted by atomic mass is 32.1. The van der Waals surface area contributed by atoms with E-state index < -0.39 is 0 Å². The highest BCUT2D eigenvalue weighted by Gasteiger charge is 2.24. The fraction of sp³-hybridized carbons (Fsp3) is 0.667. The van der Waals surface area contributed by atoms with Crippen LogP contribution in [0.5, 0.6) is 0 Å². The summed E-state index contributed by atoms with van der Waals surface area (Å²) in [6, 6.07) is 0.269. The fourth-order valence-corrected chi connectivity index (χ4v) is 2.67. The fourth-order valence-electron chi connectivity index (χ4n) is 1.52. The Kier molecular flexibility index (Phi) is 1.93. The molecule has 1 aliphatic rings. The minimum absolute atomic E-state index is 0.269. The lowest BCUT2D eigenvalue weighted by Gasteiger charge is -2.00. The molecular formula is C9H14N2S. The summed E-state index contributed by atoms with van der Waals surface area (Å²) in [4.78, 5) is 5.91. The first-order chi connectivity index (χ1) is 5.68. The van der Waals surface area contributed by atoms with Gasteiger partial charge < -0.3 is 5.73 Å². The molecule has 0 saturated heterocycles. The Hall–Kier alpha value is -0.410. The van der Waals surface area contributed by atoms with Crippen molar-refractivity contribution in [3.05, 3.63) is 15.6 Å². The van der Waals surface area contributed by atoms with Gasteiger partial charge in [0.2, 0.25) is 0 Å². The molecule has 1 heterocycles. The van der Waals surface area contributed by atoms with Crippen LogP contribution in [0.1, 0.15) is 47.8 Å². The van der Waals surface area contributed by atoms with Gasteiger partial charge in [0.15, 0.2) is 0 Å². The quantitative estimate of drug-likeness (QED) is 0.723. The number of thiazole rings is 1. The van der Waals surface area contributed by atoms with Crippen molar-refractivity contribution in [2.75, 3.05) is 0 Å². The Labute approximate surface area is 76.8 Å². The second-order valence-corrected chi connectivity index (χ2v) is 4.73. The van der Waals surface area contributed by atoms with Gasteiger partial charge >= 0.3 is 0 Å². The van der Waals surface area contributed by atoms with Crippen LogP contribution in [-0.2, 0) is 6.42 Å². The summed E-state index contributed by atoms with van der Waals surface area (Å²) in [6.07, 6.45) is 2.17. The Morgan fingerprint density at radius 2 is 2.33 bits per heavy atom. The SMILES string of the molecule is CC(C)c1nc2c(s1)C(N)CC2. The highest BCUT2D eigenvalue weighted by molar-refractivity contribution is 7.12. The van der Waals surface area contributed by atoms with Crippen LogP contribution in [0.25, 0.3) is 0 Å². The number of rotatable bonds is 1. The molecule has 2 rings (SSSR count). The smallest absolute Gasteiger partial charge is 0.0957 e. The average Bonchev–Trinajstić information content (AvgIpc) is 2.53. The zero-order chi connectivity index (χ0) is 8.72. The molecule has 1 unspecified atom stereocenters. The lowest BCUT2D eigenvalue weighted by Crippen LogP contribution is -2.03. The molecule has 0 aliphatic heterocycles. The predicted octanol–water partition coefficient (Wildman–Crippen LogP) is 2.21. The molecule has 0 aromatic carbocycles. The summed E-state index contributed by atoms with van der Waals surface area (Å²) >= 11 is 1.80. The van der Waals surface area contributed by atoms with Gasteiger partial charge in [0.25, 0.3) is 0 Å². The molecule has 2 nitrogen and oxygen atoms in total. The third-order valence-corrected chi connectivity index (χ3v) is 3.80. The van der Waals surface area contributed by atoms with E-state index in [9.17, 15) is 0 Å². The standard InChI is InChI=1S/C9H14N2S/c1-5(2)9-11-7-4-3-6(10)8(7)12-9/h5-6H,3-4,10H2,1-2H3. The number of fused-ring (bicyclic) bond motifs is 1. The van der Waals surface area contributed by atoms with E-state index in [-0.39, 0.29) is 6.04 Å². The number of hydrogen-bond donors (Lipinski definition) is 1. The van der Waals surface area contributed by atoms with Crippen LogP contribution in [0.4, 0.5) is 0 Å². The average molecular weight is 182 g/mol. The highest BCUT2D eigenvalue weighted by Crippen LogP contribution is 2.36. The van der Waals surface area contributed by atoms with Crippen molar-refractivity contribution in [2.45, 2.75) is 38.6 Å². The predicted molar refractivity (Wildman–Crippen MR) is 51.5 cm³/mol. The molecule has 0 saturated carbocycles. The van der Waals surface area contributed by atoms with E-state index in [0.717, 1.165) is 12.8 Å². The van der Waals surface area contributed by atoms with Gasteiger partial charge in [-0.25, -0.2) is 4.98 Å². The zero-order valence-electron chi connectivity index (χ0n) is 7.50. The molecule has 2 N–H and O–H groups in total. The monoisotopic (exact) mass is 182 g/mol. The van der Waals surface area contributed by atoms with E-state index in [1.807, 2.05) is 0 Å². The van der Waals surface area contributed by atoms with E-state index in [1.165, 1.54) is 15.6 Å². The lowest BCUT2D eigenvalue weighted by atomic mass is 10.2. The van der Waals surface area contributed by atoms with Gasteiger partial charge in [-0.1, -0.05) is 13.8 Å². The van der Waals surface area contributed by atoms with Crippen molar-refractivity contribution < 1.29 is 0 Å². The maximum atomic E-state index is 5.93. The molecule has 1 aromatic heterocycles. The normalized spacial score (nSPS) is 21.8. The van der Waals surface area contributed by atoms with Gasteiger partial charge in [-0.3, -0.25) is 0 Å². The Bertz CT molecular complexity index is 291. The van der Waals surface area contributed by atoms with Crippen LogP contribution in [0.15, 0.2) is 0 Å². The molecule has 1 aromatic rings. The van der Waals surface area contributed by atoms with Crippen molar-refractivity contribution in [3.63, 3.8) is 0 Å². The summed E-state index contributed by atoms with van der Waals surface area (Å²) in [5.41, 5.74) is 7.19. The molecule has 66 valence electrons. The van der Waals surface area contributed by atoms with Crippen LogP contribution in [0.2, 0.25) is 0 Å². The topological polar surface area (TPSA) is 38.9 Å². The first-order valence-electron chi connectivity index (χ1n) is 4.43. The molecular weight excluding hydrogens is 168 g/mol. The van der Waals surface area contributed by atoms with Crippen molar-refractivity contribution in [2.24, 2.45) is 5.73 Å². The summed E-state index contributed by atoms with van der Waals surface area (Å²) in [5.74, 6) is 0.549. The van der Waals surface area contributed by atoms with Crippen molar-refractivity contribution in [3.8, 4) is 0 Å². The summed E-state index contributed by atoms with van der Waals surface area (Å²) in [6.45, 7) is 4.36. The van der Waals surface area contributed by atoms with E-state index in [4.69, 9.17) is 5.73 Å². The summed E-state index contributed by atoms with van der Waals surface area (Å²) < 4.78 is 0. The molecule has 1 aliphatic carbocycles. The Morgan fingerprint density at radius 3 is 2.92 bits per heavy atom. The van der Waals surface area contributed by atoms with Crippen molar-refractivity contribution >= 4 is 11.3 Å². The molecule has 0 bridgehead atoms. The van der Waals surface area contributed by atoms with Crippen LogP contribution in [0.3, 0.4) is 0 Å². The minimum Gasteiger partial charge on any atom is -0.323 e. The van der Waals surface area contributed by atoms with Gasteiger partial charge in [-0.2, -0.15) is 0 Å². The first kappa shape index (κ1) is 8.20. The molecule has 12 heavy (non-hydrogen) atoms. The molecule has 0 radical (unpaired) electrons.